The lowest BCUT2D eigenvalue weighted by Crippen LogP contribution is -2.37. The summed E-state index contributed by atoms with van der Waals surface area (Å²) in [4.78, 5) is 18.9. The van der Waals surface area contributed by atoms with Crippen LogP contribution in [-0.4, -0.2) is 26.8 Å². The monoisotopic (exact) mass is 456 g/mol. The van der Waals surface area contributed by atoms with Crippen LogP contribution in [0.4, 0.5) is 14.5 Å². The first-order valence-corrected chi connectivity index (χ1v) is 11.4. The van der Waals surface area contributed by atoms with Crippen molar-refractivity contribution in [2.75, 3.05) is 10.7 Å². The molecular formula is C23H22F2N4O2S. The molecule has 1 atom stereocenters. The Hall–Kier alpha value is -3.07. The molecule has 1 aromatic heterocycles. The minimum atomic E-state index is -1.26. The summed E-state index contributed by atoms with van der Waals surface area (Å²) in [5.74, 6) is -1.48. The summed E-state index contributed by atoms with van der Waals surface area (Å²) in [6.07, 6.45) is 0.902. The van der Waals surface area contributed by atoms with Gasteiger partial charge in [0.15, 0.2) is 17.3 Å². The quantitative estimate of drug-likeness (QED) is 0.358. The number of thioether (sulfide) groups is 1. The summed E-state index contributed by atoms with van der Waals surface area (Å²) in [5, 5.41) is 8.95. The number of carbonyl (C=O) groups excluding carboxylic acids is 1. The molecule has 0 N–H and O–H groups in total. The zero-order valence-corrected chi connectivity index (χ0v) is 18.5. The summed E-state index contributed by atoms with van der Waals surface area (Å²) in [6, 6.07) is 10.9. The van der Waals surface area contributed by atoms with Crippen LogP contribution in [0.25, 0.3) is 11.3 Å². The summed E-state index contributed by atoms with van der Waals surface area (Å²) < 4.78 is 35.1. The van der Waals surface area contributed by atoms with Crippen molar-refractivity contribution >= 4 is 23.4 Å². The third-order valence-electron chi connectivity index (χ3n) is 5.06. The fraction of sp³-hybridized carbons (Fsp3) is 0.304. The van der Waals surface area contributed by atoms with Crippen molar-refractivity contribution in [3.05, 3.63) is 59.7 Å². The van der Waals surface area contributed by atoms with Crippen LogP contribution < -0.4 is 9.64 Å². The van der Waals surface area contributed by atoms with E-state index in [9.17, 15) is 13.6 Å². The van der Waals surface area contributed by atoms with Gasteiger partial charge in [0.1, 0.15) is 0 Å². The number of ether oxygens (including phenoxy) is 1. The Morgan fingerprint density at radius 1 is 1.12 bits per heavy atom. The number of aromatic nitrogens is 3. The van der Waals surface area contributed by atoms with Gasteiger partial charge in [-0.05, 0) is 18.6 Å². The minimum absolute atomic E-state index is 0.103. The molecule has 0 fully saturated rings. The van der Waals surface area contributed by atoms with Gasteiger partial charge in [0.25, 0.3) is 0 Å². The van der Waals surface area contributed by atoms with E-state index in [1.807, 2.05) is 0 Å². The van der Waals surface area contributed by atoms with Crippen LogP contribution in [-0.2, 0) is 4.79 Å². The average Bonchev–Trinajstić information content (AvgIpc) is 2.95. The Kier molecular flexibility index (Phi) is 6.64. The fourth-order valence-corrected chi connectivity index (χ4v) is 4.30. The van der Waals surface area contributed by atoms with E-state index in [0.29, 0.717) is 22.1 Å². The molecule has 166 valence electrons. The second kappa shape index (κ2) is 9.60. The zero-order valence-electron chi connectivity index (χ0n) is 17.7. The lowest BCUT2D eigenvalue weighted by atomic mass is 10.1. The first-order chi connectivity index (χ1) is 15.5. The molecule has 1 unspecified atom stereocenters. The molecule has 9 heteroatoms. The Labute approximate surface area is 189 Å². The number of halogens is 2. The lowest BCUT2D eigenvalue weighted by molar-refractivity contribution is -0.120. The van der Waals surface area contributed by atoms with Crippen LogP contribution in [0.3, 0.4) is 0 Å². The lowest BCUT2D eigenvalue weighted by Gasteiger charge is -2.30. The van der Waals surface area contributed by atoms with Crippen molar-refractivity contribution in [1.29, 1.82) is 0 Å². The van der Waals surface area contributed by atoms with Crippen molar-refractivity contribution in [1.82, 2.24) is 15.2 Å². The molecule has 32 heavy (non-hydrogen) atoms. The van der Waals surface area contributed by atoms with Crippen molar-refractivity contribution in [3.8, 4) is 17.1 Å². The van der Waals surface area contributed by atoms with Gasteiger partial charge in [0.05, 0.1) is 11.3 Å². The molecule has 0 radical (unpaired) electrons. The zero-order chi connectivity index (χ0) is 22.7. The maximum absolute atomic E-state index is 14.9. The molecule has 1 aliphatic heterocycles. The molecule has 1 amide bonds. The van der Waals surface area contributed by atoms with E-state index in [-0.39, 0.29) is 23.8 Å². The fourth-order valence-electron chi connectivity index (χ4n) is 3.44. The molecule has 3 aromatic rings. The molecule has 4 rings (SSSR count). The van der Waals surface area contributed by atoms with E-state index in [1.165, 1.54) is 28.8 Å². The number of amides is 1. The van der Waals surface area contributed by atoms with Gasteiger partial charge in [-0.1, -0.05) is 62.4 Å². The van der Waals surface area contributed by atoms with Gasteiger partial charge in [-0.15, -0.1) is 10.2 Å². The van der Waals surface area contributed by atoms with Crippen molar-refractivity contribution < 1.29 is 18.3 Å². The Morgan fingerprint density at radius 3 is 2.72 bits per heavy atom. The van der Waals surface area contributed by atoms with Crippen LogP contribution in [0.1, 0.15) is 44.9 Å². The van der Waals surface area contributed by atoms with Crippen LogP contribution in [0, 0.1) is 11.6 Å². The third kappa shape index (κ3) is 4.17. The average molecular weight is 457 g/mol. The highest BCUT2D eigenvalue weighted by Gasteiger charge is 2.37. The molecule has 0 bridgehead atoms. The molecule has 0 aliphatic carbocycles. The van der Waals surface area contributed by atoms with Crippen molar-refractivity contribution in [3.63, 3.8) is 0 Å². The smallest absolute Gasteiger partial charge is 0.247 e. The predicted octanol–water partition coefficient (Wildman–Crippen LogP) is 5.54. The number of unbranched alkanes of at least 4 members (excludes halogenated alkanes) is 1. The molecule has 0 saturated heterocycles. The maximum atomic E-state index is 14.9. The van der Waals surface area contributed by atoms with E-state index in [4.69, 9.17) is 4.74 Å². The van der Waals surface area contributed by atoms with Gasteiger partial charge in [-0.3, -0.25) is 9.69 Å². The Morgan fingerprint density at radius 2 is 1.94 bits per heavy atom. The number of anilines is 1. The third-order valence-corrected chi connectivity index (χ3v) is 5.98. The number of carbonyl (C=O) groups is 1. The summed E-state index contributed by atoms with van der Waals surface area (Å²) >= 11 is 1.44. The number of fused-ring (bicyclic) bond motifs is 3. The van der Waals surface area contributed by atoms with Crippen LogP contribution in [0.15, 0.2) is 47.6 Å². The highest BCUT2D eigenvalue weighted by atomic mass is 32.2. The van der Waals surface area contributed by atoms with Gasteiger partial charge >= 0.3 is 0 Å². The first-order valence-electron chi connectivity index (χ1n) is 10.4. The van der Waals surface area contributed by atoms with E-state index < -0.39 is 17.9 Å². The summed E-state index contributed by atoms with van der Waals surface area (Å²) in [7, 11) is 0. The highest BCUT2D eigenvalue weighted by molar-refractivity contribution is 7.99. The minimum Gasteiger partial charge on any atom is -0.447 e. The highest BCUT2D eigenvalue weighted by Crippen LogP contribution is 2.44. The molecule has 0 saturated carbocycles. The van der Waals surface area contributed by atoms with E-state index in [0.717, 1.165) is 24.7 Å². The van der Waals surface area contributed by atoms with Gasteiger partial charge in [-0.2, -0.15) is 4.98 Å². The van der Waals surface area contributed by atoms with E-state index in [1.54, 1.807) is 31.2 Å². The van der Waals surface area contributed by atoms with Gasteiger partial charge in [0.2, 0.25) is 23.2 Å². The number of hydrogen-bond acceptors (Lipinski definition) is 6. The first kappa shape index (κ1) is 22.1. The standard InChI is InChI=1S/C23H22F2N4O2S/c1-3-5-13-32-23-26-21-20(27-28-23)14-9-6-7-12-17(14)29(18(30)4-2)22(31-21)15-10-8-11-16(24)19(15)25/h6-12,22H,3-5,13H2,1-2H3. The van der Waals surface area contributed by atoms with Gasteiger partial charge < -0.3 is 4.74 Å². The number of rotatable bonds is 6. The SMILES string of the molecule is CCCCSc1nnc2c(n1)OC(c1cccc(F)c1F)N(C(=O)CC)c1ccccc1-2. The summed E-state index contributed by atoms with van der Waals surface area (Å²) in [6.45, 7) is 3.79. The van der Waals surface area contributed by atoms with Crippen LogP contribution in [0.2, 0.25) is 0 Å². The molecular weight excluding hydrogens is 434 g/mol. The van der Waals surface area contributed by atoms with Gasteiger partial charge in [-0.25, -0.2) is 8.78 Å². The van der Waals surface area contributed by atoms with Crippen LogP contribution in [0.5, 0.6) is 5.88 Å². The molecule has 2 aromatic carbocycles. The number of para-hydroxylation sites is 1. The second-order valence-electron chi connectivity index (χ2n) is 7.20. The normalized spacial score (nSPS) is 14.9. The number of hydrogen-bond donors (Lipinski definition) is 0. The maximum Gasteiger partial charge on any atom is 0.247 e. The largest absolute Gasteiger partial charge is 0.447 e. The van der Waals surface area contributed by atoms with E-state index >= 15 is 0 Å². The van der Waals surface area contributed by atoms with Crippen LogP contribution >= 0.6 is 11.8 Å². The predicted molar refractivity (Wildman–Crippen MR) is 118 cm³/mol. The molecule has 6 nitrogen and oxygen atoms in total. The van der Waals surface area contributed by atoms with Crippen molar-refractivity contribution in [2.24, 2.45) is 0 Å². The number of benzene rings is 2. The van der Waals surface area contributed by atoms with E-state index in [2.05, 4.69) is 22.1 Å². The summed E-state index contributed by atoms with van der Waals surface area (Å²) in [5.41, 5.74) is 1.28. The molecule has 2 heterocycles. The van der Waals surface area contributed by atoms with Gasteiger partial charge in [0, 0.05) is 17.7 Å². The Bertz CT molecular complexity index is 1140. The molecule has 1 aliphatic rings. The number of nitrogens with zero attached hydrogens (tertiary/aromatic N) is 4. The van der Waals surface area contributed by atoms with Crippen molar-refractivity contribution in [2.45, 2.75) is 44.5 Å². The molecule has 0 spiro atoms. The second-order valence-corrected chi connectivity index (χ2v) is 8.26. The topological polar surface area (TPSA) is 68.2 Å². The Balaban J connectivity index is 1.90.